The van der Waals surface area contributed by atoms with Crippen molar-refractivity contribution in [2.24, 2.45) is 0 Å². The first-order valence-corrected chi connectivity index (χ1v) is 22.8. The number of fused-ring (bicyclic) bond motifs is 17. The number of benzene rings is 12. The highest BCUT2D eigenvalue weighted by Gasteiger charge is 2.52. The van der Waals surface area contributed by atoms with E-state index in [2.05, 4.69) is 231 Å². The minimum Gasteiger partial charge on any atom is -0.0622 e. The molecule has 1 spiro atoms. The van der Waals surface area contributed by atoms with E-state index >= 15 is 0 Å². The largest absolute Gasteiger partial charge is 0.0725 e. The molecule has 0 N–H and O–H groups in total. The Bertz CT molecular complexity index is 3900. The highest BCUT2D eigenvalue weighted by atomic mass is 14.5. The molecule has 12 aromatic carbocycles. The SMILES string of the molecule is c1ccc(-c2c3c(c(-c4ccccc4)c4ccccc24)-c2ccc(-c4ccc5cc6c(cc5c4)C4(c5ccccc5-c5ccccc54)c4ccc5ccccc5c4-6)c4cccc-3c24)cc1. The van der Waals surface area contributed by atoms with Crippen molar-refractivity contribution in [1.82, 2.24) is 0 Å². The molecular formula is C65H38. The van der Waals surface area contributed by atoms with Gasteiger partial charge in [-0.15, -0.1) is 0 Å². The third-order valence-electron chi connectivity index (χ3n) is 15.2. The van der Waals surface area contributed by atoms with E-state index in [-0.39, 0.29) is 0 Å². The van der Waals surface area contributed by atoms with Crippen LogP contribution in [0.1, 0.15) is 22.3 Å². The van der Waals surface area contributed by atoms with Crippen LogP contribution in [0.15, 0.2) is 231 Å². The van der Waals surface area contributed by atoms with Gasteiger partial charge in [-0.05, 0) is 161 Å². The summed E-state index contributed by atoms with van der Waals surface area (Å²) >= 11 is 0. The molecule has 0 aromatic heterocycles. The van der Waals surface area contributed by atoms with E-state index in [1.807, 2.05) is 0 Å². The van der Waals surface area contributed by atoms with Gasteiger partial charge in [0.1, 0.15) is 0 Å². The molecule has 15 rings (SSSR count). The Labute approximate surface area is 377 Å². The summed E-state index contributed by atoms with van der Waals surface area (Å²) in [6.07, 6.45) is 0. The van der Waals surface area contributed by atoms with Gasteiger partial charge in [0.2, 0.25) is 0 Å². The number of rotatable bonds is 3. The molecule has 3 aliphatic carbocycles. The quantitative estimate of drug-likeness (QED) is 0.167. The van der Waals surface area contributed by atoms with Crippen LogP contribution in [0.25, 0.3) is 121 Å². The summed E-state index contributed by atoms with van der Waals surface area (Å²) in [5.41, 5.74) is 23.3. The van der Waals surface area contributed by atoms with E-state index < -0.39 is 5.41 Å². The van der Waals surface area contributed by atoms with E-state index in [0.29, 0.717) is 0 Å². The molecule has 0 atom stereocenters. The molecule has 0 unspecified atom stereocenters. The van der Waals surface area contributed by atoms with Crippen LogP contribution in [0.3, 0.4) is 0 Å². The van der Waals surface area contributed by atoms with Crippen molar-refractivity contribution >= 4 is 43.1 Å². The molecule has 0 nitrogen and oxygen atoms in total. The van der Waals surface area contributed by atoms with Gasteiger partial charge in [-0.2, -0.15) is 0 Å². The maximum Gasteiger partial charge on any atom is 0.0725 e. The minimum atomic E-state index is -0.420. The van der Waals surface area contributed by atoms with E-state index in [1.165, 1.54) is 143 Å². The van der Waals surface area contributed by atoms with Crippen LogP contribution in [0.4, 0.5) is 0 Å². The fourth-order valence-corrected chi connectivity index (χ4v) is 12.7. The zero-order chi connectivity index (χ0) is 42.4. The predicted octanol–water partition coefficient (Wildman–Crippen LogP) is 17.3. The van der Waals surface area contributed by atoms with Crippen molar-refractivity contribution in [2.75, 3.05) is 0 Å². The Balaban J connectivity index is 0.989. The van der Waals surface area contributed by atoms with Gasteiger partial charge in [0.15, 0.2) is 0 Å². The van der Waals surface area contributed by atoms with E-state index in [9.17, 15) is 0 Å². The lowest BCUT2D eigenvalue weighted by Gasteiger charge is -2.30. The minimum absolute atomic E-state index is 0.420. The van der Waals surface area contributed by atoms with Crippen LogP contribution >= 0.6 is 0 Å². The predicted molar refractivity (Wildman–Crippen MR) is 274 cm³/mol. The number of hydrogen-bond acceptors (Lipinski definition) is 0. The average molecular weight is 819 g/mol. The van der Waals surface area contributed by atoms with Crippen LogP contribution in [-0.2, 0) is 5.41 Å². The molecule has 65 heavy (non-hydrogen) atoms. The standard InChI is InChI=1S/C65H38/c1-3-17-40(18-4-1)59-50-24-9-10-25-51(50)60(41-19-5-2-6-20-41)64-53-34-33-45(49-26-15-27-52(61(49)53)63(59)64)43-31-30-42-37-54-58(38-44(42)36-43)65(57-35-32-39-16-7-8-21-46(39)62(54)57)55-28-13-11-22-47(55)48-23-12-14-29-56(48)65/h1-38H. The molecule has 0 fully saturated rings. The Kier molecular flexibility index (Phi) is 6.97. The lowest BCUT2D eigenvalue weighted by Crippen LogP contribution is -2.25. The Morgan fingerprint density at radius 3 is 1.45 bits per heavy atom. The van der Waals surface area contributed by atoms with Gasteiger partial charge in [0, 0.05) is 0 Å². The van der Waals surface area contributed by atoms with Crippen molar-refractivity contribution in [3.05, 3.63) is 253 Å². The van der Waals surface area contributed by atoms with Gasteiger partial charge in [-0.1, -0.05) is 212 Å². The summed E-state index contributed by atoms with van der Waals surface area (Å²) < 4.78 is 0. The maximum atomic E-state index is 2.54. The monoisotopic (exact) mass is 818 g/mol. The topological polar surface area (TPSA) is 0 Å². The van der Waals surface area contributed by atoms with Gasteiger partial charge >= 0.3 is 0 Å². The second kappa shape index (κ2) is 12.9. The highest BCUT2D eigenvalue weighted by molar-refractivity contribution is 6.29. The molecule has 0 heterocycles. The van der Waals surface area contributed by atoms with Gasteiger partial charge in [0.25, 0.3) is 0 Å². The molecule has 0 saturated carbocycles. The summed E-state index contributed by atoms with van der Waals surface area (Å²) in [6, 6.07) is 87.0. The fourth-order valence-electron chi connectivity index (χ4n) is 12.7. The lowest BCUT2D eigenvalue weighted by molar-refractivity contribution is 0.795. The lowest BCUT2D eigenvalue weighted by atomic mass is 9.70. The second-order valence-corrected chi connectivity index (χ2v) is 18.2. The second-order valence-electron chi connectivity index (χ2n) is 18.2. The first-order chi connectivity index (χ1) is 32.3. The van der Waals surface area contributed by atoms with Gasteiger partial charge in [0.05, 0.1) is 5.41 Å². The summed E-state index contributed by atoms with van der Waals surface area (Å²) in [5.74, 6) is 0. The van der Waals surface area contributed by atoms with Crippen molar-refractivity contribution in [1.29, 1.82) is 0 Å². The van der Waals surface area contributed by atoms with Gasteiger partial charge in [-0.3, -0.25) is 0 Å². The van der Waals surface area contributed by atoms with E-state index in [0.717, 1.165) is 0 Å². The first-order valence-electron chi connectivity index (χ1n) is 22.8. The van der Waals surface area contributed by atoms with E-state index in [1.54, 1.807) is 0 Å². The van der Waals surface area contributed by atoms with Crippen molar-refractivity contribution < 1.29 is 0 Å². The third kappa shape index (κ3) is 4.51. The Morgan fingerprint density at radius 2 is 0.754 bits per heavy atom. The van der Waals surface area contributed by atoms with E-state index in [4.69, 9.17) is 0 Å². The van der Waals surface area contributed by atoms with Crippen LogP contribution in [0.2, 0.25) is 0 Å². The maximum absolute atomic E-state index is 2.54. The van der Waals surface area contributed by atoms with Crippen molar-refractivity contribution in [2.45, 2.75) is 5.41 Å². The number of hydrogen-bond donors (Lipinski definition) is 0. The molecule has 0 radical (unpaired) electrons. The molecule has 3 aliphatic rings. The highest BCUT2D eigenvalue weighted by Crippen LogP contribution is 2.64. The van der Waals surface area contributed by atoms with Crippen LogP contribution in [0.5, 0.6) is 0 Å². The summed E-state index contributed by atoms with van der Waals surface area (Å²) in [5, 5.41) is 10.3. The molecule has 0 aliphatic heterocycles. The van der Waals surface area contributed by atoms with Crippen molar-refractivity contribution in [3.8, 4) is 77.9 Å². The molecular weight excluding hydrogens is 781 g/mol. The smallest absolute Gasteiger partial charge is 0.0622 e. The van der Waals surface area contributed by atoms with Gasteiger partial charge in [-0.25, -0.2) is 0 Å². The van der Waals surface area contributed by atoms with Crippen LogP contribution < -0.4 is 0 Å². The Hall–Kier alpha value is -8.32. The molecule has 0 bridgehead atoms. The summed E-state index contributed by atoms with van der Waals surface area (Å²) in [6.45, 7) is 0. The molecule has 0 saturated heterocycles. The zero-order valence-corrected chi connectivity index (χ0v) is 35.4. The Morgan fingerprint density at radius 1 is 0.215 bits per heavy atom. The van der Waals surface area contributed by atoms with Crippen LogP contribution in [0, 0.1) is 0 Å². The molecule has 12 aromatic rings. The molecule has 0 heteroatoms. The zero-order valence-electron chi connectivity index (χ0n) is 35.4. The third-order valence-corrected chi connectivity index (χ3v) is 15.2. The average Bonchev–Trinajstić information content (AvgIpc) is 3.97. The summed E-state index contributed by atoms with van der Waals surface area (Å²) in [4.78, 5) is 0. The normalized spacial score (nSPS) is 13.4. The molecule has 0 amide bonds. The summed E-state index contributed by atoms with van der Waals surface area (Å²) in [7, 11) is 0. The van der Waals surface area contributed by atoms with Gasteiger partial charge < -0.3 is 0 Å². The van der Waals surface area contributed by atoms with Crippen LogP contribution in [-0.4, -0.2) is 0 Å². The van der Waals surface area contributed by atoms with Crippen molar-refractivity contribution in [3.63, 3.8) is 0 Å². The fraction of sp³-hybridized carbons (Fsp3) is 0.0154. The molecule has 298 valence electrons. The first kappa shape index (κ1) is 35.2.